The Balaban J connectivity index is 2.29. The normalized spacial score (nSPS) is 12.5. The summed E-state index contributed by atoms with van der Waals surface area (Å²) in [6.45, 7) is 6.86. The Morgan fingerprint density at radius 2 is 2.00 bits per heavy atom. The molecule has 1 heterocycles. The summed E-state index contributed by atoms with van der Waals surface area (Å²) in [5, 5.41) is 11.2. The van der Waals surface area contributed by atoms with E-state index < -0.39 is 0 Å². The molecule has 0 radical (unpaired) electrons. The third-order valence-corrected chi connectivity index (χ3v) is 3.04. The van der Waals surface area contributed by atoms with Gasteiger partial charge >= 0.3 is 0 Å². The van der Waals surface area contributed by atoms with Crippen molar-refractivity contribution in [3.8, 4) is 0 Å². The fraction of sp³-hybridized carbons (Fsp3) is 0.727. The number of aromatic nitrogens is 3. The average Bonchev–Trinajstić information content (AvgIpc) is 2.28. The van der Waals surface area contributed by atoms with Crippen molar-refractivity contribution >= 4 is 17.5 Å². The molecule has 1 aromatic rings. The first-order chi connectivity index (χ1) is 7.63. The van der Waals surface area contributed by atoms with Crippen LogP contribution < -0.4 is 5.32 Å². The largest absolute Gasteiger partial charge is 0.353 e. The van der Waals surface area contributed by atoms with Crippen molar-refractivity contribution in [2.75, 3.05) is 17.7 Å². The summed E-state index contributed by atoms with van der Waals surface area (Å²) >= 11 is 5.73. The van der Waals surface area contributed by atoms with Gasteiger partial charge in [-0.05, 0) is 32.6 Å². The van der Waals surface area contributed by atoms with E-state index >= 15 is 0 Å². The van der Waals surface area contributed by atoms with Gasteiger partial charge in [-0.25, -0.2) is 4.98 Å². The minimum Gasteiger partial charge on any atom is -0.353 e. The molecule has 1 rings (SSSR count). The predicted molar refractivity (Wildman–Crippen MR) is 66.9 cm³/mol. The summed E-state index contributed by atoms with van der Waals surface area (Å²) in [4.78, 5) is 4.30. The van der Waals surface area contributed by atoms with Crippen molar-refractivity contribution in [3.05, 3.63) is 11.4 Å². The summed E-state index contributed by atoms with van der Waals surface area (Å²) in [6.07, 6.45) is 2.19. The van der Waals surface area contributed by atoms with Crippen LogP contribution in [0, 0.1) is 19.8 Å². The second-order valence-electron chi connectivity index (χ2n) is 4.13. The zero-order chi connectivity index (χ0) is 12.0. The van der Waals surface area contributed by atoms with Crippen molar-refractivity contribution in [2.45, 2.75) is 33.6 Å². The van der Waals surface area contributed by atoms with Crippen molar-refractivity contribution in [1.82, 2.24) is 15.2 Å². The Labute approximate surface area is 102 Å². The molecule has 90 valence electrons. The van der Waals surface area contributed by atoms with Gasteiger partial charge in [-0.15, -0.1) is 16.7 Å². The number of rotatable bonds is 6. The van der Waals surface area contributed by atoms with Crippen molar-refractivity contribution in [2.24, 2.45) is 5.92 Å². The van der Waals surface area contributed by atoms with Crippen LogP contribution in [0.15, 0.2) is 0 Å². The first kappa shape index (κ1) is 13.2. The molecule has 0 aliphatic rings. The van der Waals surface area contributed by atoms with E-state index in [0.717, 1.165) is 36.7 Å². The lowest BCUT2D eigenvalue weighted by Crippen LogP contribution is -2.09. The quantitative estimate of drug-likeness (QED) is 0.615. The van der Waals surface area contributed by atoms with E-state index in [2.05, 4.69) is 27.4 Å². The summed E-state index contributed by atoms with van der Waals surface area (Å²) in [5.41, 5.74) is 1.80. The highest BCUT2D eigenvalue weighted by Gasteiger charge is 2.02. The van der Waals surface area contributed by atoms with E-state index in [9.17, 15) is 0 Å². The highest BCUT2D eigenvalue weighted by molar-refractivity contribution is 6.18. The number of hydrogen-bond acceptors (Lipinski definition) is 4. The molecule has 0 fully saturated rings. The van der Waals surface area contributed by atoms with Gasteiger partial charge in [-0.1, -0.05) is 6.92 Å². The number of aryl methyl sites for hydroxylation is 2. The second kappa shape index (κ2) is 6.63. The lowest BCUT2D eigenvalue weighted by atomic mass is 10.1. The first-order valence-corrected chi connectivity index (χ1v) is 6.14. The van der Waals surface area contributed by atoms with Gasteiger partial charge in [0.05, 0.1) is 11.4 Å². The van der Waals surface area contributed by atoms with E-state index in [1.807, 2.05) is 13.8 Å². The molecule has 1 unspecified atom stereocenters. The Kier molecular flexibility index (Phi) is 5.46. The molecular weight excluding hydrogens is 224 g/mol. The monoisotopic (exact) mass is 242 g/mol. The maximum absolute atomic E-state index is 5.73. The van der Waals surface area contributed by atoms with Crippen LogP contribution in [0.4, 0.5) is 5.95 Å². The maximum Gasteiger partial charge on any atom is 0.242 e. The van der Waals surface area contributed by atoms with Crippen LogP contribution >= 0.6 is 11.6 Å². The molecule has 0 saturated carbocycles. The average molecular weight is 243 g/mol. The van der Waals surface area contributed by atoms with Crippen LogP contribution in [0.3, 0.4) is 0 Å². The Bertz CT molecular complexity index is 330. The van der Waals surface area contributed by atoms with E-state index in [0.29, 0.717) is 11.9 Å². The summed E-state index contributed by atoms with van der Waals surface area (Å²) in [6, 6.07) is 0. The zero-order valence-electron chi connectivity index (χ0n) is 10.1. The molecule has 0 aliphatic carbocycles. The maximum atomic E-state index is 5.73. The topological polar surface area (TPSA) is 50.7 Å². The van der Waals surface area contributed by atoms with Crippen LogP contribution in [0.5, 0.6) is 0 Å². The van der Waals surface area contributed by atoms with E-state index in [1.165, 1.54) is 0 Å². The smallest absolute Gasteiger partial charge is 0.242 e. The van der Waals surface area contributed by atoms with Gasteiger partial charge in [0.25, 0.3) is 0 Å². The molecule has 1 atom stereocenters. The second-order valence-corrected chi connectivity index (χ2v) is 4.44. The van der Waals surface area contributed by atoms with E-state index in [-0.39, 0.29) is 0 Å². The van der Waals surface area contributed by atoms with Gasteiger partial charge in [-0.2, -0.15) is 5.10 Å². The zero-order valence-corrected chi connectivity index (χ0v) is 10.9. The number of nitrogens with zero attached hydrogens (tertiary/aromatic N) is 3. The molecule has 4 nitrogen and oxygen atoms in total. The highest BCUT2D eigenvalue weighted by atomic mass is 35.5. The molecule has 16 heavy (non-hydrogen) atoms. The van der Waals surface area contributed by atoms with Crippen LogP contribution in [-0.2, 0) is 0 Å². The predicted octanol–water partition coefficient (Wildman–Crippen LogP) is 2.56. The fourth-order valence-corrected chi connectivity index (χ4v) is 1.41. The van der Waals surface area contributed by atoms with Gasteiger partial charge < -0.3 is 5.32 Å². The van der Waals surface area contributed by atoms with Gasteiger partial charge in [-0.3, -0.25) is 0 Å². The third-order valence-electron chi connectivity index (χ3n) is 2.51. The first-order valence-electron chi connectivity index (χ1n) is 5.61. The van der Waals surface area contributed by atoms with Crippen molar-refractivity contribution < 1.29 is 0 Å². The lowest BCUT2D eigenvalue weighted by molar-refractivity contribution is 0.571. The minimum absolute atomic E-state index is 0.572. The molecule has 0 saturated heterocycles. The SMILES string of the molecule is Cc1nnc(NCCCC(C)CCl)nc1C. The Hall–Kier alpha value is -0.900. The molecule has 0 amide bonds. The van der Waals surface area contributed by atoms with Crippen LogP contribution in [0.1, 0.15) is 31.2 Å². The molecule has 0 spiro atoms. The van der Waals surface area contributed by atoms with Crippen LogP contribution in [-0.4, -0.2) is 27.6 Å². The minimum atomic E-state index is 0.572. The van der Waals surface area contributed by atoms with Crippen LogP contribution in [0.25, 0.3) is 0 Å². The van der Waals surface area contributed by atoms with E-state index in [4.69, 9.17) is 11.6 Å². The third kappa shape index (κ3) is 4.31. The summed E-state index contributed by atoms with van der Waals surface area (Å²) < 4.78 is 0. The number of anilines is 1. The number of alkyl halides is 1. The van der Waals surface area contributed by atoms with Crippen molar-refractivity contribution in [3.63, 3.8) is 0 Å². The highest BCUT2D eigenvalue weighted by Crippen LogP contribution is 2.07. The van der Waals surface area contributed by atoms with Gasteiger partial charge in [0.2, 0.25) is 5.95 Å². The fourth-order valence-electron chi connectivity index (χ4n) is 1.26. The molecular formula is C11H19ClN4. The van der Waals surface area contributed by atoms with Gasteiger partial charge in [0.15, 0.2) is 0 Å². The van der Waals surface area contributed by atoms with Gasteiger partial charge in [0.1, 0.15) is 0 Å². The number of hydrogen-bond donors (Lipinski definition) is 1. The van der Waals surface area contributed by atoms with E-state index in [1.54, 1.807) is 0 Å². The molecule has 1 aromatic heterocycles. The van der Waals surface area contributed by atoms with Crippen LogP contribution in [0.2, 0.25) is 0 Å². The van der Waals surface area contributed by atoms with Crippen molar-refractivity contribution in [1.29, 1.82) is 0 Å². The Morgan fingerprint density at radius 1 is 1.25 bits per heavy atom. The Morgan fingerprint density at radius 3 is 2.62 bits per heavy atom. The molecule has 5 heteroatoms. The standard InChI is InChI=1S/C11H19ClN4/c1-8(7-12)5-4-6-13-11-14-9(2)10(3)15-16-11/h8H,4-7H2,1-3H3,(H,13,14,16). The van der Waals surface area contributed by atoms with Gasteiger partial charge in [0, 0.05) is 12.4 Å². The summed E-state index contributed by atoms with van der Waals surface area (Å²) in [5.74, 6) is 1.91. The number of halogens is 1. The molecule has 1 N–H and O–H groups in total. The summed E-state index contributed by atoms with van der Waals surface area (Å²) in [7, 11) is 0. The molecule has 0 bridgehead atoms. The molecule has 0 aliphatic heterocycles. The number of nitrogens with one attached hydrogen (secondary N) is 1. The molecule has 0 aromatic carbocycles. The lowest BCUT2D eigenvalue weighted by Gasteiger charge is -2.08.